The quantitative estimate of drug-likeness (QED) is 0.591. The Hall–Kier alpha value is -2.78. The highest BCUT2D eigenvalue weighted by Gasteiger charge is 2.31. The molecule has 3 rings (SSSR count). The van der Waals surface area contributed by atoms with Crippen LogP contribution in [0.5, 0.6) is 0 Å². The van der Waals surface area contributed by atoms with Gasteiger partial charge in [-0.2, -0.15) is 4.31 Å². The van der Waals surface area contributed by atoms with E-state index in [1.165, 1.54) is 52.8 Å². The van der Waals surface area contributed by atoms with Crippen LogP contribution in [0.2, 0.25) is 0 Å². The lowest BCUT2D eigenvalue weighted by Gasteiger charge is -2.34. The van der Waals surface area contributed by atoms with Gasteiger partial charge in [0.05, 0.1) is 9.82 Å². The molecular formula is C20H23N3O5S. The van der Waals surface area contributed by atoms with E-state index in [1.54, 1.807) is 0 Å². The third-order valence-corrected chi connectivity index (χ3v) is 6.75. The number of hydrogen-bond donors (Lipinski definition) is 1. The Morgan fingerprint density at radius 2 is 1.72 bits per heavy atom. The molecule has 1 saturated heterocycles. The molecule has 2 unspecified atom stereocenters. The summed E-state index contributed by atoms with van der Waals surface area (Å²) in [6.45, 7) is 5.09. The zero-order valence-corrected chi connectivity index (χ0v) is 17.1. The molecule has 1 N–H and O–H groups in total. The summed E-state index contributed by atoms with van der Waals surface area (Å²) >= 11 is 0. The Balaban J connectivity index is 1.74. The SMILES string of the molecule is CC1CC(C)CN(S(=O)(=O)c2ccc(NC(=O)c3cccc([N+](=O)[O-])c3)cc2)C1. The summed E-state index contributed by atoms with van der Waals surface area (Å²) in [6.07, 6.45) is 1.01. The van der Waals surface area contributed by atoms with Gasteiger partial charge in [-0.3, -0.25) is 14.9 Å². The standard InChI is InChI=1S/C20H23N3O5S/c1-14-10-15(2)13-22(12-14)29(27,28)19-8-6-17(7-9-19)21-20(24)16-4-3-5-18(11-16)23(25)26/h3-9,11,14-15H,10,12-13H2,1-2H3,(H,21,24). The van der Waals surface area contributed by atoms with Crippen molar-refractivity contribution < 1.29 is 18.1 Å². The minimum absolute atomic E-state index is 0.146. The van der Waals surface area contributed by atoms with E-state index >= 15 is 0 Å². The second-order valence-electron chi connectivity index (χ2n) is 7.55. The Morgan fingerprint density at radius 1 is 1.10 bits per heavy atom. The van der Waals surface area contributed by atoms with Gasteiger partial charge in [-0.05, 0) is 48.6 Å². The largest absolute Gasteiger partial charge is 0.322 e. The monoisotopic (exact) mass is 417 g/mol. The third kappa shape index (κ3) is 4.80. The summed E-state index contributed by atoms with van der Waals surface area (Å²) in [5.74, 6) is 0.104. The zero-order chi connectivity index (χ0) is 21.2. The molecule has 8 nitrogen and oxygen atoms in total. The first-order chi connectivity index (χ1) is 13.7. The number of non-ortho nitro benzene ring substituents is 1. The van der Waals surface area contributed by atoms with Crippen LogP contribution < -0.4 is 5.32 Å². The average molecular weight is 417 g/mol. The zero-order valence-electron chi connectivity index (χ0n) is 16.2. The number of hydrogen-bond acceptors (Lipinski definition) is 5. The van der Waals surface area contributed by atoms with Crippen molar-refractivity contribution in [3.63, 3.8) is 0 Å². The summed E-state index contributed by atoms with van der Waals surface area (Å²) < 4.78 is 27.3. The number of anilines is 1. The van der Waals surface area contributed by atoms with E-state index in [1.807, 2.05) is 13.8 Å². The number of piperidine rings is 1. The second-order valence-corrected chi connectivity index (χ2v) is 9.49. The van der Waals surface area contributed by atoms with Gasteiger partial charge in [-0.25, -0.2) is 8.42 Å². The average Bonchev–Trinajstić information content (AvgIpc) is 2.67. The van der Waals surface area contributed by atoms with Crippen molar-refractivity contribution in [3.8, 4) is 0 Å². The first-order valence-corrected chi connectivity index (χ1v) is 10.8. The van der Waals surface area contributed by atoms with Crippen molar-refractivity contribution >= 4 is 27.3 Å². The van der Waals surface area contributed by atoms with Gasteiger partial charge < -0.3 is 5.32 Å². The highest BCUT2D eigenvalue weighted by molar-refractivity contribution is 7.89. The molecule has 2 aromatic carbocycles. The topological polar surface area (TPSA) is 110 Å². The van der Waals surface area contributed by atoms with Gasteiger partial charge in [0.25, 0.3) is 11.6 Å². The molecule has 1 fully saturated rings. The van der Waals surface area contributed by atoms with Crippen LogP contribution >= 0.6 is 0 Å². The summed E-state index contributed by atoms with van der Waals surface area (Å²) in [5, 5.41) is 13.5. The van der Waals surface area contributed by atoms with Gasteiger partial charge in [0.2, 0.25) is 10.0 Å². The van der Waals surface area contributed by atoms with Gasteiger partial charge in [-0.15, -0.1) is 0 Å². The maximum absolute atomic E-state index is 12.9. The molecule has 2 atom stereocenters. The first-order valence-electron chi connectivity index (χ1n) is 9.33. The fourth-order valence-electron chi connectivity index (χ4n) is 3.63. The predicted octanol–water partition coefficient (Wildman–Crippen LogP) is 3.51. The number of nitrogens with one attached hydrogen (secondary N) is 1. The summed E-state index contributed by atoms with van der Waals surface area (Å²) in [7, 11) is -3.59. The fraction of sp³-hybridized carbons (Fsp3) is 0.350. The van der Waals surface area contributed by atoms with E-state index in [2.05, 4.69) is 5.32 Å². The molecule has 1 heterocycles. The predicted molar refractivity (Wildman–Crippen MR) is 109 cm³/mol. The molecule has 0 bridgehead atoms. The smallest absolute Gasteiger partial charge is 0.270 e. The molecular weight excluding hydrogens is 394 g/mol. The molecule has 1 aliphatic heterocycles. The van der Waals surface area contributed by atoms with Crippen molar-refractivity contribution in [2.45, 2.75) is 25.2 Å². The maximum atomic E-state index is 12.9. The van der Waals surface area contributed by atoms with E-state index in [0.717, 1.165) is 6.42 Å². The summed E-state index contributed by atoms with van der Waals surface area (Å²) in [4.78, 5) is 22.8. The number of nitro groups is 1. The number of nitrogens with zero attached hydrogens (tertiary/aromatic N) is 2. The minimum Gasteiger partial charge on any atom is -0.322 e. The lowest BCUT2D eigenvalue weighted by molar-refractivity contribution is -0.384. The molecule has 154 valence electrons. The van der Waals surface area contributed by atoms with Crippen molar-refractivity contribution in [3.05, 3.63) is 64.2 Å². The van der Waals surface area contributed by atoms with Crippen molar-refractivity contribution in [2.24, 2.45) is 11.8 Å². The van der Waals surface area contributed by atoms with Crippen molar-refractivity contribution in [1.29, 1.82) is 0 Å². The highest BCUT2D eigenvalue weighted by atomic mass is 32.2. The fourth-order valence-corrected chi connectivity index (χ4v) is 5.30. The Labute approximate surface area is 169 Å². The maximum Gasteiger partial charge on any atom is 0.270 e. The van der Waals surface area contributed by atoms with Gasteiger partial charge in [0, 0.05) is 36.5 Å². The number of benzene rings is 2. The number of carbonyl (C=O) groups excluding carboxylic acids is 1. The van der Waals surface area contributed by atoms with Crippen LogP contribution in [0, 0.1) is 22.0 Å². The van der Waals surface area contributed by atoms with Crippen LogP contribution in [0.25, 0.3) is 0 Å². The van der Waals surface area contributed by atoms with Crippen LogP contribution in [0.4, 0.5) is 11.4 Å². The molecule has 0 radical (unpaired) electrons. The van der Waals surface area contributed by atoms with Gasteiger partial charge in [0.15, 0.2) is 0 Å². The summed E-state index contributed by atoms with van der Waals surface area (Å²) in [5.41, 5.74) is 0.372. The summed E-state index contributed by atoms with van der Waals surface area (Å²) in [6, 6.07) is 11.3. The molecule has 0 spiro atoms. The number of rotatable bonds is 5. The van der Waals surface area contributed by atoms with Crippen molar-refractivity contribution in [2.75, 3.05) is 18.4 Å². The number of sulfonamides is 1. The molecule has 2 aromatic rings. The van der Waals surface area contributed by atoms with Crippen LogP contribution in [0.3, 0.4) is 0 Å². The second kappa shape index (κ2) is 8.30. The van der Waals surface area contributed by atoms with Gasteiger partial charge >= 0.3 is 0 Å². The Morgan fingerprint density at radius 3 is 2.31 bits per heavy atom. The van der Waals surface area contributed by atoms with Crippen molar-refractivity contribution in [1.82, 2.24) is 4.31 Å². The van der Waals surface area contributed by atoms with E-state index in [4.69, 9.17) is 0 Å². The van der Waals surface area contributed by atoms with E-state index < -0.39 is 20.9 Å². The van der Waals surface area contributed by atoms with Gasteiger partial charge in [-0.1, -0.05) is 19.9 Å². The molecule has 1 amide bonds. The van der Waals surface area contributed by atoms with Crippen LogP contribution in [-0.2, 0) is 10.0 Å². The normalized spacial score (nSPS) is 20.2. The Bertz CT molecular complexity index is 1010. The molecule has 29 heavy (non-hydrogen) atoms. The number of carbonyl (C=O) groups is 1. The molecule has 0 saturated carbocycles. The first kappa shape index (κ1) is 20.9. The molecule has 1 aliphatic rings. The molecule has 0 aliphatic carbocycles. The number of amides is 1. The van der Waals surface area contributed by atoms with Gasteiger partial charge in [0.1, 0.15) is 0 Å². The van der Waals surface area contributed by atoms with E-state index in [9.17, 15) is 23.3 Å². The van der Waals surface area contributed by atoms with Crippen LogP contribution in [0.1, 0.15) is 30.6 Å². The third-order valence-electron chi connectivity index (χ3n) is 4.90. The van der Waals surface area contributed by atoms with E-state index in [0.29, 0.717) is 30.6 Å². The van der Waals surface area contributed by atoms with E-state index in [-0.39, 0.29) is 16.1 Å². The van der Waals surface area contributed by atoms with Crippen LogP contribution in [-0.4, -0.2) is 36.6 Å². The minimum atomic E-state index is -3.59. The van der Waals surface area contributed by atoms with Crippen LogP contribution in [0.15, 0.2) is 53.4 Å². The lowest BCUT2D eigenvalue weighted by atomic mass is 9.94. The highest BCUT2D eigenvalue weighted by Crippen LogP contribution is 2.27. The molecule has 0 aromatic heterocycles. The molecule has 9 heteroatoms. The lowest BCUT2D eigenvalue weighted by Crippen LogP contribution is -2.42. The number of nitro benzene ring substituents is 1. The Kier molecular flexibility index (Phi) is 5.99.